The third-order valence-corrected chi connectivity index (χ3v) is 6.70. The maximum Gasteiger partial charge on any atom is 0.344 e. The van der Waals surface area contributed by atoms with Gasteiger partial charge >= 0.3 is 5.97 Å². The molecule has 0 heterocycles. The van der Waals surface area contributed by atoms with E-state index in [2.05, 4.69) is 47.7 Å². The molecule has 1 aliphatic carbocycles. The molecule has 0 radical (unpaired) electrons. The van der Waals surface area contributed by atoms with Crippen molar-refractivity contribution in [1.29, 1.82) is 0 Å². The maximum atomic E-state index is 12.7. The zero-order valence-electron chi connectivity index (χ0n) is 20.5. The van der Waals surface area contributed by atoms with Gasteiger partial charge in [-0.2, -0.15) is 0 Å². The summed E-state index contributed by atoms with van der Waals surface area (Å²) in [5, 5.41) is 0. The summed E-state index contributed by atoms with van der Waals surface area (Å²) in [4.78, 5) is 12.7. The number of hydrogen-bond acceptors (Lipinski definition) is 3. The van der Waals surface area contributed by atoms with Crippen LogP contribution in [0.25, 0.3) is 0 Å². The zero-order valence-corrected chi connectivity index (χ0v) is 20.5. The highest BCUT2D eigenvalue weighted by atomic mass is 16.7. The summed E-state index contributed by atoms with van der Waals surface area (Å²) in [6, 6.07) is 24.5. The first-order valence-corrected chi connectivity index (χ1v) is 12.3. The Hall–Kier alpha value is -3.27. The maximum absolute atomic E-state index is 12.7. The van der Waals surface area contributed by atoms with Crippen LogP contribution in [0.2, 0.25) is 0 Å². The smallest absolute Gasteiger partial charge is 0.344 e. The van der Waals surface area contributed by atoms with Crippen molar-refractivity contribution in [2.75, 3.05) is 6.61 Å². The fourth-order valence-electron chi connectivity index (χ4n) is 4.90. The van der Waals surface area contributed by atoms with Crippen molar-refractivity contribution in [1.82, 2.24) is 0 Å². The Morgan fingerprint density at radius 3 is 1.85 bits per heavy atom. The number of hydrogen-bond donors (Lipinski definition) is 0. The van der Waals surface area contributed by atoms with E-state index in [0.717, 1.165) is 66.2 Å². The predicted molar refractivity (Wildman–Crippen MR) is 136 cm³/mol. The van der Waals surface area contributed by atoms with Crippen LogP contribution < -0.4 is 9.10 Å². The Morgan fingerprint density at radius 2 is 1.35 bits per heavy atom. The molecule has 3 aromatic carbocycles. The molecule has 4 heteroatoms. The number of ether oxygens (including phenoxy) is 2. The molecule has 1 saturated carbocycles. The summed E-state index contributed by atoms with van der Waals surface area (Å²) >= 11 is 0. The zero-order chi connectivity index (χ0) is 24.0. The first-order valence-electron chi connectivity index (χ1n) is 12.3. The van der Waals surface area contributed by atoms with E-state index in [1.165, 1.54) is 6.42 Å². The van der Waals surface area contributed by atoms with Crippen molar-refractivity contribution in [2.45, 2.75) is 64.9 Å². The van der Waals surface area contributed by atoms with Crippen LogP contribution >= 0.6 is 0 Å². The highest BCUT2D eigenvalue weighted by molar-refractivity contribution is 5.72. The number of rotatable bonds is 8. The molecule has 3 aromatic rings. The summed E-state index contributed by atoms with van der Waals surface area (Å²) < 4.78 is 15.2. The Labute approximate surface area is 203 Å². The van der Waals surface area contributed by atoms with Crippen LogP contribution in [0.15, 0.2) is 72.8 Å². The average Bonchev–Trinajstić information content (AvgIpc) is 2.85. The summed E-state index contributed by atoms with van der Waals surface area (Å²) in [7, 11) is 0. The highest BCUT2D eigenvalue weighted by Gasteiger charge is 2.34. The molecular weight excluding hydrogens is 424 g/mol. The van der Waals surface area contributed by atoms with Crippen LogP contribution in [0.4, 0.5) is 0 Å². The van der Waals surface area contributed by atoms with Crippen molar-refractivity contribution in [3.63, 3.8) is 0 Å². The van der Waals surface area contributed by atoms with E-state index >= 15 is 0 Å². The van der Waals surface area contributed by atoms with Crippen LogP contribution in [0.3, 0.4) is 0 Å². The fourth-order valence-corrected chi connectivity index (χ4v) is 4.90. The lowest BCUT2D eigenvalue weighted by Gasteiger charge is -2.35. The molecule has 0 amide bonds. The Bertz CT molecular complexity index is 1020. The van der Waals surface area contributed by atoms with Gasteiger partial charge in [-0.3, -0.25) is 0 Å². The third-order valence-electron chi connectivity index (χ3n) is 6.70. The molecule has 0 N–H and O–H groups in total. The van der Waals surface area contributed by atoms with Crippen LogP contribution in [0, 0.1) is 13.8 Å². The standard InChI is InChI=1S/C30H35O4/c1-4-30(18-12-7-13-19-30)33-28(31)22-32-29-23(2)20-27(21-24(29)3)34(25-14-8-5-9-15-25)26-16-10-6-11-17-26/h5-6,8-11,14-17,20-21H,4,7,12-13,18-19,22H2,1-3H3/q+1. The quantitative estimate of drug-likeness (QED) is 0.252. The number of esters is 1. The normalized spacial score (nSPS) is 14.9. The van der Waals surface area contributed by atoms with Gasteiger partial charge in [-0.1, -0.05) is 49.7 Å². The molecule has 0 aromatic heterocycles. The molecule has 178 valence electrons. The summed E-state index contributed by atoms with van der Waals surface area (Å²) in [5.41, 5.74) is 1.62. The first kappa shape index (κ1) is 23.9. The van der Waals surface area contributed by atoms with Crippen LogP contribution in [0.1, 0.15) is 56.6 Å². The van der Waals surface area contributed by atoms with Gasteiger partial charge in [-0.25, -0.2) is 4.79 Å². The van der Waals surface area contributed by atoms with Crippen molar-refractivity contribution < 1.29 is 18.6 Å². The molecule has 4 nitrogen and oxygen atoms in total. The summed E-state index contributed by atoms with van der Waals surface area (Å²) in [6.45, 7) is 6.06. The predicted octanol–water partition coefficient (Wildman–Crippen LogP) is 8.08. The van der Waals surface area contributed by atoms with E-state index in [1.54, 1.807) is 0 Å². The average molecular weight is 460 g/mol. The van der Waals surface area contributed by atoms with Crippen molar-refractivity contribution in [2.24, 2.45) is 0 Å². The summed E-state index contributed by atoms with van der Waals surface area (Å²) in [5.74, 6) is 3.42. The molecule has 0 saturated heterocycles. The van der Waals surface area contributed by atoms with Gasteiger partial charge < -0.3 is 13.8 Å². The lowest BCUT2D eigenvalue weighted by atomic mass is 9.83. The van der Waals surface area contributed by atoms with E-state index in [-0.39, 0.29) is 18.2 Å². The SMILES string of the molecule is CCC1(OC(=O)COc2c(C)cc([O+](c3ccccc3)c3ccccc3)cc2C)CCCCC1. The molecule has 0 aliphatic heterocycles. The molecular formula is C30H35O4+. The largest absolute Gasteiger partial charge is 0.499 e. The fraction of sp³-hybridized carbons (Fsp3) is 0.367. The summed E-state index contributed by atoms with van der Waals surface area (Å²) in [6.07, 6.45) is 6.23. The van der Waals surface area contributed by atoms with E-state index in [9.17, 15) is 4.79 Å². The van der Waals surface area contributed by atoms with Crippen LogP contribution in [0.5, 0.6) is 23.0 Å². The van der Waals surface area contributed by atoms with E-state index in [4.69, 9.17) is 9.47 Å². The monoisotopic (exact) mass is 459 g/mol. The third kappa shape index (κ3) is 5.44. The minimum absolute atomic E-state index is 0.0724. The minimum atomic E-state index is -0.310. The second kappa shape index (κ2) is 10.8. The molecule has 1 fully saturated rings. The van der Waals surface area contributed by atoms with Gasteiger partial charge in [0.2, 0.25) is 0 Å². The molecule has 0 unspecified atom stereocenters. The molecule has 0 bridgehead atoms. The second-order valence-corrected chi connectivity index (χ2v) is 9.18. The number of carbonyl (C=O) groups excluding carboxylic acids is 1. The Morgan fingerprint density at radius 1 is 0.824 bits per heavy atom. The van der Waals surface area contributed by atoms with Gasteiger partial charge in [0, 0.05) is 47.5 Å². The van der Waals surface area contributed by atoms with Gasteiger partial charge in [0.1, 0.15) is 11.4 Å². The number of carbonyl (C=O) groups is 1. The van der Waals surface area contributed by atoms with Gasteiger partial charge in [-0.05, 0) is 46.0 Å². The molecule has 0 atom stereocenters. The number of aryl methyl sites for hydroxylation is 2. The second-order valence-electron chi connectivity index (χ2n) is 9.18. The number of benzene rings is 3. The van der Waals surface area contributed by atoms with E-state index in [1.807, 2.05) is 50.2 Å². The topological polar surface area (TPSA) is 38.2 Å². The van der Waals surface area contributed by atoms with Crippen molar-refractivity contribution in [3.05, 3.63) is 83.9 Å². The lowest BCUT2D eigenvalue weighted by Crippen LogP contribution is -2.38. The molecule has 4 rings (SSSR count). The van der Waals surface area contributed by atoms with Crippen molar-refractivity contribution in [3.8, 4) is 23.0 Å². The minimum Gasteiger partial charge on any atom is -0.499 e. The highest BCUT2D eigenvalue weighted by Crippen LogP contribution is 2.41. The lowest BCUT2D eigenvalue weighted by molar-refractivity contribution is -0.166. The van der Waals surface area contributed by atoms with E-state index in [0.29, 0.717) is 0 Å². The van der Waals surface area contributed by atoms with Crippen molar-refractivity contribution >= 4 is 5.97 Å². The molecule has 34 heavy (non-hydrogen) atoms. The van der Waals surface area contributed by atoms with Gasteiger partial charge in [0.05, 0.1) is 0 Å². The van der Waals surface area contributed by atoms with Gasteiger partial charge in [-0.15, -0.1) is 0 Å². The molecule has 1 aliphatic rings. The molecule has 0 spiro atoms. The Balaban J connectivity index is 1.53. The van der Waals surface area contributed by atoms with Crippen LogP contribution in [-0.2, 0) is 9.53 Å². The van der Waals surface area contributed by atoms with Crippen LogP contribution in [-0.4, -0.2) is 18.2 Å². The van der Waals surface area contributed by atoms with E-state index < -0.39 is 0 Å². The van der Waals surface area contributed by atoms with Gasteiger partial charge in [0.25, 0.3) is 17.2 Å². The Kier molecular flexibility index (Phi) is 7.56. The number of para-hydroxylation sites is 2. The first-order chi connectivity index (χ1) is 16.5. The van der Waals surface area contributed by atoms with Gasteiger partial charge in [0.15, 0.2) is 6.61 Å².